The molecule has 1 aromatic carbocycles. The minimum atomic E-state index is -4.72. The molecule has 0 saturated carbocycles. The van der Waals surface area contributed by atoms with Crippen LogP contribution in [0.3, 0.4) is 0 Å². The van der Waals surface area contributed by atoms with Gasteiger partial charge < -0.3 is 9.47 Å². The van der Waals surface area contributed by atoms with Crippen molar-refractivity contribution in [1.82, 2.24) is 4.31 Å². The maximum Gasteiger partial charge on any atom is 0.416 e. The van der Waals surface area contributed by atoms with E-state index in [0.717, 1.165) is 10.4 Å². The molecule has 3 rings (SSSR count). The lowest BCUT2D eigenvalue weighted by atomic mass is 10.0. The van der Waals surface area contributed by atoms with Gasteiger partial charge in [0.1, 0.15) is 0 Å². The molecule has 1 aromatic heterocycles. The normalized spacial score (nSPS) is 16.5. The quantitative estimate of drug-likeness (QED) is 0.404. The molecule has 2 aromatic rings. The number of thiophene rings is 1. The lowest BCUT2D eigenvalue weighted by molar-refractivity contribution is -0.143. The third-order valence-corrected chi connectivity index (χ3v) is 7.50. The molecule has 1 saturated heterocycles. The van der Waals surface area contributed by atoms with Gasteiger partial charge in [-0.1, -0.05) is 0 Å². The predicted molar refractivity (Wildman–Crippen MR) is 109 cm³/mol. The molecule has 0 aliphatic carbocycles. The number of likely N-dealkylation sites (N-methyl/N-ethyl adjacent to an activating group) is 1. The van der Waals surface area contributed by atoms with Crippen molar-refractivity contribution in [2.24, 2.45) is 0 Å². The summed E-state index contributed by atoms with van der Waals surface area (Å²) in [5, 5.41) is 1.70. The van der Waals surface area contributed by atoms with Crippen molar-refractivity contribution in [3.63, 3.8) is 0 Å². The zero-order chi connectivity index (χ0) is 22.8. The highest BCUT2D eigenvalue weighted by Gasteiger charge is 2.35. The van der Waals surface area contributed by atoms with Crippen LogP contribution in [-0.4, -0.2) is 51.6 Å². The van der Waals surface area contributed by atoms with E-state index in [1.807, 2.05) is 0 Å². The van der Waals surface area contributed by atoms with Crippen LogP contribution in [0.4, 0.5) is 13.2 Å². The smallest absolute Gasteiger partial charge is 0.416 e. The van der Waals surface area contributed by atoms with Crippen LogP contribution < -0.4 is 0 Å². The Balaban J connectivity index is 1.99. The van der Waals surface area contributed by atoms with E-state index in [-0.39, 0.29) is 37.7 Å². The number of rotatable bonds is 9. The highest BCUT2D eigenvalue weighted by molar-refractivity contribution is 7.89. The summed E-state index contributed by atoms with van der Waals surface area (Å²) in [5.74, 6) is -0.405. The van der Waals surface area contributed by atoms with Gasteiger partial charge in [0.25, 0.3) is 0 Å². The highest BCUT2D eigenvalue weighted by atomic mass is 32.2. The average Bonchev–Trinajstić information content (AvgIpc) is 3.38. The number of halogens is 3. The summed E-state index contributed by atoms with van der Waals surface area (Å²) >= 11 is 1.29. The zero-order valence-corrected chi connectivity index (χ0v) is 18.6. The molecule has 6 nitrogen and oxygen atoms in total. The molecule has 0 unspecified atom stereocenters. The van der Waals surface area contributed by atoms with E-state index in [2.05, 4.69) is 0 Å². The first-order chi connectivity index (χ1) is 14.5. The fourth-order valence-corrected chi connectivity index (χ4v) is 5.22. The van der Waals surface area contributed by atoms with E-state index in [0.29, 0.717) is 23.1 Å². The topological polar surface area (TPSA) is 76.2 Å². The Morgan fingerprint density at radius 2 is 2.03 bits per heavy atom. The van der Waals surface area contributed by atoms with Crippen LogP contribution >= 0.6 is 11.3 Å². The number of esters is 1. The number of carbonyl (C=O) groups excluding carboxylic acids is 1. The van der Waals surface area contributed by atoms with E-state index in [9.17, 15) is 26.4 Å². The van der Waals surface area contributed by atoms with Crippen molar-refractivity contribution in [1.29, 1.82) is 0 Å². The Labute approximate surface area is 182 Å². The van der Waals surface area contributed by atoms with E-state index in [1.165, 1.54) is 24.5 Å². The Morgan fingerprint density at radius 1 is 1.32 bits per heavy atom. The molecule has 1 aliphatic heterocycles. The molecule has 1 aliphatic rings. The molecule has 0 radical (unpaired) electrons. The van der Waals surface area contributed by atoms with Crippen LogP contribution in [0.5, 0.6) is 0 Å². The van der Waals surface area contributed by atoms with Crippen LogP contribution in [0.2, 0.25) is 0 Å². The Bertz CT molecular complexity index is 1050. The van der Waals surface area contributed by atoms with Crippen molar-refractivity contribution in [3.8, 4) is 11.1 Å². The fourth-order valence-electron chi connectivity index (χ4n) is 3.05. The van der Waals surface area contributed by atoms with Gasteiger partial charge in [-0.05, 0) is 54.1 Å². The second kappa shape index (κ2) is 9.27. The Hall–Kier alpha value is -1.95. The number of sulfonamides is 1. The molecule has 0 spiro atoms. The minimum Gasteiger partial charge on any atom is -0.466 e. The van der Waals surface area contributed by atoms with Gasteiger partial charge in [-0.2, -0.15) is 17.5 Å². The number of hydrogen-bond acceptors (Lipinski definition) is 6. The van der Waals surface area contributed by atoms with Gasteiger partial charge >= 0.3 is 12.1 Å². The lowest BCUT2D eigenvalue weighted by Crippen LogP contribution is -2.30. The Morgan fingerprint density at radius 3 is 2.65 bits per heavy atom. The van der Waals surface area contributed by atoms with Crippen molar-refractivity contribution < 1.29 is 35.9 Å². The first kappa shape index (κ1) is 23.7. The summed E-state index contributed by atoms with van der Waals surface area (Å²) in [7, 11) is -2.84. The monoisotopic (exact) mass is 477 g/mol. The number of ether oxygens (including phenoxy) is 2. The van der Waals surface area contributed by atoms with Gasteiger partial charge in [0.05, 0.1) is 36.2 Å². The van der Waals surface area contributed by atoms with Gasteiger partial charge in [-0.15, -0.1) is 11.3 Å². The van der Waals surface area contributed by atoms with Gasteiger partial charge in [0, 0.05) is 18.5 Å². The number of benzene rings is 1. The number of hydrogen-bond donors (Lipinski definition) is 0. The largest absolute Gasteiger partial charge is 0.466 e. The van der Waals surface area contributed by atoms with Crippen molar-refractivity contribution in [2.75, 3.05) is 26.8 Å². The van der Waals surface area contributed by atoms with Gasteiger partial charge in [-0.25, -0.2) is 8.42 Å². The summed E-state index contributed by atoms with van der Waals surface area (Å²) in [4.78, 5) is 11.9. The average molecular weight is 478 g/mol. The highest BCUT2D eigenvalue weighted by Crippen LogP contribution is 2.37. The third-order valence-electron chi connectivity index (χ3n) is 4.72. The van der Waals surface area contributed by atoms with Crippen LogP contribution in [0.25, 0.3) is 11.1 Å². The molecule has 11 heteroatoms. The van der Waals surface area contributed by atoms with Crippen LogP contribution in [-0.2, 0) is 36.9 Å². The first-order valence-electron chi connectivity index (χ1n) is 9.55. The number of carbonyl (C=O) groups is 1. The zero-order valence-electron chi connectivity index (χ0n) is 16.9. The van der Waals surface area contributed by atoms with E-state index < -0.39 is 32.6 Å². The van der Waals surface area contributed by atoms with E-state index >= 15 is 0 Å². The molecule has 0 N–H and O–H groups in total. The molecule has 0 amide bonds. The van der Waals surface area contributed by atoms with Gasteiger partial charge in [-0.3, -0.25) is 4.79 Å². The SMILES string of the molecule is CCOC(=O)CCc1sccc1-c1cc(C(F)(F)F)cc(S(=O)(=O)N(C)C[C@H]2CO2)c1. The summed E-state index contributed by atoms with van der Waals surface area (Å²) in [6.45, 7) is 2.42. The standard InChI is InChI=1S/C20H22F3NO5S2/c1-3-28-19(25)5-4-18-17(6-7-30-18)13-8-14(20(21,22)23)10-16(9-13)31(26,27)24(2)11-15-12-29-15/h6-10,15H,3-5,11-12H2,1-2H3/t15-/m0/s1. The van der Waals surface area contributed by atoms with E-state index in [4.69, 9.17) is 9.47 Å². The number of nitrogens with zero attached hydrogens (tertiary/aromatic N) is 1. The van der Waals surface area contributed by atoms with Crippen molar-refractivity contribution in [3.05, 3.63) is 40.1 Å². The first-order valence-corrected chi connectivity index (χ1v) is 11.9. The van der Waals surface area contributed by atoms with Crippen LogP contribution in [0.1, 0.15) is 23.8 Å². The molecule has 1 fully saturated rings. The molecule has 1 atom stereocenters. The summed E-state index contributed by atoms with van der Waals surface area (Å²) < 4.78 is 77.4. The molecule has 31 heavy (non-hydrogen) atoms. The maximum absolute atomic E-state index is 13.6. The van der Waals surface area contributed by atoms with Gasteiger partial charge in [0.2, 0.25) is 10.0 Å². The predicted octanol–water partition coefficient (Wildman–Crippen LogP) is 3.95. The summed E-state index contributed by atoms with van der Waals surface area (Å²) in [6.07, 6.45) is -4.60. The third kappa shape index (κ3) is 5.85. The number of alkyl halides is 3. The molecular weight excluding hydrogens is 455 g/mol. The van der Waals surface area contributed by atoms with Crippen LogP contribution in [0.15, 0.2) is 34.5 Å². The van der Waals surface area contributed by atoms with Crippen molar-refractivity contribution in [2.45, 2.75) is 36.9 Å². The Kier molecular flexibility index (Phi) is 7.09. The minimum absolute atomic E-state index is 0.0666. The summed E-state index contributed by atoms with van der Waals surface area (Å²) in [5.41, 5.74) is -0.461. The summed E-state index contributed by atoms with van der Waals surface area (Å²) in [6, 6.07) is 4.44. The maximum atomic E-state index is 13.6. The van der Waals surface area contributed by atoms with E-state index in [1.54, 1.807) is 18.4 Å². The molecular formula is C20H22F3NO5S2. The second-order valence-electron chi connectivity index (χ2n) is 7.05. The van der Waals surface area contributed by atoms with Crippen LogP contribution in [0, 0.1) is 0 Å². The number of epoxide rings is 1. The second-order valence-corrected chi connectivity index (χ2v) is 10.1. The lowest BCUT2D eigenvalue weighted by Gasteiger charge is -2.18. The van der Waals surface area contributed by atoms with Gasteiger partial charge in [0.15, 0.2) is 0 Å². The molecule has 170 valence electrons. The van der Waals surface area contributed by atoms with Crippen molar-refractivity contribution >= 4 is 27.3 Å². The fraction of sp³-hybridized carbons (Fsp3) is 0.450. The number of aryl methyl sites for hydroxylation is 1. The molecule has 2 heterocycles. The molecule has 0 bridgehead atoms.